The van der Waals surface area contributed by atoms with E-state index >= 15 is 0 Å². The lowest BCUT2D eigenvalue weighted by Gasteiger charge is -2.32. The van der Waals surface area contributed by atoms with Gasteiger partial charge in [-0.05, 0) is 37.1 Å². The second-order valence-electron chi connectivity index (χ2n) is 5.35. The molecule has 0 heterocycles. The molecule has 0 bridgehead atoms. The van der Waals surface area contributed by atoms with Crippen LogP contribution in [0.5, 0.6) is 0 Å². The monoisotopic (exact) mass is 348 g/mol. The predicted molar refractivity (Wildman–Crippen MR) is 94.0 cm³/mol. The topological polar surface area (TPSA) is 55.1 Å². The second kappa shape index (κ2) is 10.1. The number of rotatable bonds is 8. The number of nitrogens with two attached hydrogens (primary N) is 1. The lowest BCUT2D eigenvalue weighted by molar-refractivity contribution is -0.125. The van der Waals surface area contributed by atoms with Gasteiger partial charge in [-0.25, -0.2) is 4.39 Å². The van der Waals surface area contributed by atoms with E-state index in [1.54, 1.807) is 23.9 Å². The summed E-state index contributed by atoms with van der Waals surface area (Å²) >= 11 is 1.56. The fraction of sp³-hybridized carbons (Fsp3) is 0.562. The lowest BCUT2D eigenvalue weighted by Crippen LogP contribution is -2.54. The highest BCUT2D eigenvalue weighted by Gasteiger charge is 2.28. The standard InChI is InChI=1S/C16H25FN2OS.ClH/c1-4-16(5-2,11-18)19-15(20)12(3)10-21-14-8-6-13(17)7-9-14;/h6-9,12H,4-5,10-11,18H2,1-3H3,(H,19,20);1H. The van der Waals surface area contributed by atoms with Gasteiger partial charge in [0.25, 0.3) is 0 Å². The highest BCUT2D eigenvalue weighted by Crippen LogP contribution is 2.22. The molecule has 0 aliphatic rings. The molecule has 0 fully saturated rings. The van der Waals surface area contributed by atoms with Gasteiger partial charge in [0.15, 0.2) is 0 Å². The summed E-state index contributed by atoms with van der Waals surface area (Å²) in [6.45, 7) is 6.42. The molecule has 0 radical (unpaired) electrons. The van der Waals surface area contributed by atoms with Crippen LogP contribution in [0.1, 0.15) is 33.6 Å². The fourth-order valence-electron chi connectivity index (χ4n) is 1.98. The van der Waals surface area contributed by atoms with E-state index in [9.17, 15) is 9.18 Å². The number of nitrogens with one attached hydrogen (secondary N) is 1. The highest BCUT2D eigenvalue weighted by atomic mass is 35.5. The van der Waals surface area contributed by atoms with Crippen molar-refractivity contribution >= 4 is 30.1 Å². The Morgan fingerprint density at radius 1 is 1.32 bits per heavy atom. The van der Waals surface area contributed by atoms with Gasteiger partial charge in [-0.1, -0.05) is 20.8 Å². The van der Waals surface area contributed by atoms with Crippen LogP contribution >= 0.6 is 24.2 Å². The van der Waals surface area contributed by atoms with E-state index < -0.39 is 0 Å². The van der Waals surface area contributed by atoms with Crippen LogP contribution in [0.25, 0.3) is 0 Å². The van der Waals surface area contributed by atoms with Crippen molar-refractivity contribution in [3.05, 3.63) is 30.1 Å². The average molecular weight is 349 g/mol. The van der Waals surface area contributed by atoms with Gasteiger partial charge < -0.3 is 11.1 Å². The quantitative estimate of drug-likeness (QED) is 0.705. The Labute approximate surface area is 143 Å². The summed E-state index contributed by atoms with van der Waals surface area (Å²) in [5.41, 5.74) is 5.50. The van der Waals surface area contributed by atoms with Crippen LogP contribution in [0.15, 0.2) is 29.2 Å². The zero-order valence-electron chi connectivity index (χ0n) is 13.4. The van der Waals surface area contributed by atoms with Gasteiger partial charge in [-0.15, -0.1) is 24.2 Å². The minimum absolute atomic E-state index is 0. The maximum Gasteiger partial charge on any atom is 0.224 e. The molecule has 3 N–H and O–H groups in total. The van der Waals surface area contributed by atoms with Gasteiger partial charge in [0, 0.05) is 23.1 Å². The van der Waals surface area contributed by atoms with Gasteiger partial charge >= 0.3 is 0 Å². The highest BCUT2D eigenvalue weighted by molar-refractivity contribution is 7.99. The predicted octanol–water partition coefficient (Wildman–Crippen LogP) is 3.61. The molecule has 0 aliphatic carbocycles. The Kier molecular flexibility index (Phi) is 9.72. The number of benzene rings is 1. The van der Waals surface area contributed by atoms with Crippen molar-refractivity contribution in [3.8, 4) is 0 Å². The molecule has 3 nitrogen and oxygen atoms in total. The summed E-state index contributed by atoms with van der Waals surface area (Å²) in [6, 6.07) is 6.32. The van der Waals surface area contributed by atoms with Crippen LogP contribution in [0.3, 0.4) is 0 Å². The van der Waals surface area contributed by atoms with Crippen LogP contribution < -0.4 is 11.1 Å². The van der Waals surface area contributed by atoms with Crippen molar-refractivity contribution in [2.75, 3.05) is 12.3 Å². The molecule has 1 aromatic rings. The Balaban J connectivity index is 0.00000441. The summed E-state index contributed by atoms with van der Waals surface area (Å²) < 4.78 is 12.8. The van der Waals surface area contributed by atoms with Crippen LogP contribution in [0.4, 0.5) is 4.39 Å². The Morgan fingerprint density at radius 2 is 1.86 bits per heavy atom. The molecular weight excluding hydrogens is 323 g/mol. The van der Waals surface area contributed by atoms with Crippen LogP contribution in [0.2, 0.25) is 0 Å². The SMILES string of the molecule is CCC(CC)(CN)NC(=O)C(C)CSc1ccc(F)cc1.Cl. The summed E-state index contributed by atoms with van der Waals surface area (Å²) in [5, 5.41) is 3.09. The molecule has 0 saturated heterocycles. The first kappa shape index (κ1) is 21.2. The molecule has 1 atom stereocenters. The molecule has 22 heavy (non-hydrogen) atoms. The molecule has 1 unspecified atom stereocenters. The zero-order valence-corrected chi connectivity index (χ0v) is 15.0. The smallest absolute Gasteiger partial charge is 0.224 e. The van der Waals surface area contributed by atoms with Gasteiger partial charge in [0.05, 0.1) is 5.54 Å². The lowest BCUT2D eigenvalue weighted by atomic mass is 9.92. The molecule has 0 spiro atoms. The van der Waals surface area contributed by atoms with Gasteiger partial charge in [-0.3, -0.25) is 4.79 Å². The maximum atomic E-state index is 12.8. The molecule has 6 heteroatoms. The summed E-state index contributed by atoms with van der Waals surface area (Å²) in [5.74, 6) is 0.317. The minimum Gasteiger partial charge on any atom is -0.349 e. The third kappa shape index (κ3) is 6.15. The number of hydrogen-bond acceptors (Lipinski definition) is 3. The van der Waals surface area contributed by atoms with Crippen molar-refractivity contribution in [2.24, 2.45) is 11.7 Å². The minimum atomic E-state index is -0.300. The Hall–Kier alpha value is -0.780. The number of amides is 1. The third-order valence-electron chi connectivity index (χ3n) is 3.89. The maximum absolute atomic E-state index is 12.8. The largest absolute Gasteiger partial charge is 0.349 e. The second-order valence-corrected chi connectivity index (χ2v) is 6.44. The summed E-state index contributed by atoms with van der Waals surface area (Å²) in [6.07, 6.45) is 1.65. The molecule has 1 amide bonds. The summed E-state index contributed by atoms with van der Waals surface area (Å²) in [7, 11) is 0. The molecule has 0 aromatic heterocycles. The molecule has 0 aliphatic heterocycles. The number of thioether (sulfide) groups is 1. The van der Waals surface area contributed by atoms with Gasteiger partial charge in [0.1, 0.15) is 5.82 Å². The van der Waals surface area contributed by atoms with E-state index in [1.165, 1.54) is 12.1 Å². The molecular formula is C16H26ClFN2OS. The molecule has 1 aromatic carbocycles. The van der Waals surface area contributed by atoms with Crippen LogP contribution in [0, 0.1) is 11.7 Å². The van der Waals surface area contributed by atoms with Gasteiger partial charge in [-0.2, -0.15) is 0 Å². The Morgan fingerprint density at radius 3 is 2.32 bits per heavy atom. The van der Waals surface area contributed by atoms with E-state index in [-0.39, 0.29) is 35.6 Å². The van der Waals surface area contributed by atoms with E-state index in [1.807, 2.05) is 20.8 Å². The van der Waals surface area contributed by atoms with Crippen molar-refractivity contribution in [2.45, 2.75) is 44.0 Å². The number of halogens is 2. The third-order valence-corrected chi connectivity index (χ3v) is 5.17. The zero-order chi connectivity index (χ0) is 15.9. The van der Waals surface area contributed by atoms with E-state index in [4.69, 9.17) is 5.73 Å². The summed E-state index contributed by atoms with van der Waals surface area (Å²) in [4.78, 5) is 13.2. The first-order valence-corrected chi connectivity index (χ1v) is 8.35. The first-order chi connectivity index (χ1) is 9.96. The van der Waals surface area contributed by atoms with E-state index in [0.717, 1.165) is 17.7 Å². The number of carbonyl (C=O) groups excluding carboxylic acids is 1. The number of hydrogen-bond donors (Lipinski definition) is 2. The molecule has 126 valence electrons. The Bertz CT molecular complexity index is 444. The van der Waals surface area contributed by atoms with Crippen molar-refractivity contribution in [1.82, 2.24) is 5.32 Å². The first-order valence-electron chi connectivity index (χ1n) is 7.36. The molecule has 0 saturated carbocycles. The van der Waals surface area contributed by atoms with Crippen molar-refractivity contribution in [3.63, 3.8) is 0 Å². The fourth-order valence-corrected chi connectivity index (χ4v) is 2.90. The van der Waals surface area contributed by atoms with E-state index in [0.29, 0.717) is 12.3 Å². The molecule has 1 rings (SSSR count). The van der Waals surface area contributed by atoms with Crippen LogP contribution in [-0.4, -0.2) is 23.7 Å². The average Bonchev–Trinajstić information content (AvgIpc) is 2.51. The normalized spacial score (nSPS) is 12.4. The van der Waals surface area contributed by atoms with E-state index in [2.05, 4.69) is 5.32 Å². The van der Waals surface area contributed by atoms with Crippen molar-refractivity contribution < 1.29 is 9.18 Å². The van der Waals surface area contributed by atoms with Gasteiger partial charge in [0.2, 0.25) is 5.91 Å². The number of carbonyl (C=O) groups is 1. The van der Waals surface area contributed by atoms with Crippen molar-refractivity contribution in [1.29, 1.82) is 0 Å². The van der Waals surface area contributed by atoms with Crippen LogP contribution in [-0.2, 0) is 4.79 Å².